The van der Waals surface area contributed by atoms with Crippen LogP contribution in [0.25, 0.3) is 0 Å². The number of rotatable bonds is 4. The van der Waals surface area contributed by atoms with E-state index in [-0.39, 0.29) is 0 Å². The predicted octanol–water partition coefficient (Wildman–Crippen LogP) is 2.85. The fourth-order valence-electron chi connectivity index (χ4n) is 4.04. The van der Waals surface area contributed by atoms with Crippen LogP contribution in [0.4, 0.5) is 0 Å². The van der Waals surface area contributed by atoms with Crippen LogP contribution in [0.3, 0.4) is 0 Å². The van der Waals surface area contributed by atoms with Gasteiger partial charge in [-0.15, -0.1) is 0 Å². The van der Waals surface area contributed by atoms with Crippen molar-refractivity contribution in [2.75, 3.05) is 7.05 Å². The maximum Gasteiger partial charge on any atom is 0.0767 e. The van der Waals surface area contributed by atoms with E-state index in [1.54, 1.807) is 0 Å². The van der Waals surface area contributed by atoms with E-state index in [1.807, 2.05) is 11.7 Å². The van der Waals surface area contributed by atoms with Gasteiger partial charge in [0.25, 0.3) is 0 Å². The van der Waals surface area contributed by atoms with E-state index in [4.69, 9.17) is 0 Å². The maximum atomic E-state index is 4.58. The molecule has 3 rings (SSSR count). The summed E-state index contributed by atoms with van der Waals surface area (Å²) in [7, 11) is 4.36. The fourth-order valence-corrected chi connectivity index (χ4v) is 4.79. The van der Waals surface area contributed by atoms with Gasteiger partial charge in [-0.1, -0.05) is 13.3 Å². The highest BCUT2D eigenvalue weighted by atomic mass is 79.9. The highest BCUT2D eigenvalue weighted by Crippen LogP contribution is 2.33. The van der Waals surface area contributed by atoms with E-state index in [0.717, 1.165) is 30.7 Å². The minimum atomic E-state index is 0.656. The molecule has 118 valence electrons. The van der Waals surface area contributed by atoms with Crippen molar-refractivity contribution in [3.63, 3.8) is 0 Å². The molecule has 0 saturated carbocycles. The maximum absolute atomic E-state index is 4.58. The number of fused-ring (bicyclic) bond motifs is 2. The lowest BCUT2D eigenvalue weighted by Gasteiger charge is -2.47. The van der Waals surface area contributed by atoms with Crippen molar-refractivity contribution in [2.24, 2.45) is 7.05 Å². The molecule has 2 saturated heterocycles. The molecule has 2 fully saturated rings. The summed E-state index contributed by atoms with van der Waals surface area (Å²) in [4.78, 5) is 2.62. The summed E-state index contributed by atoms with van der Waals surface area (Å²) >= 11 is 3.71. The van der Waals surface area contributed by atoms with Crippen LogP contribution < -0.4 is 5.32 Å². The second kappa shape index (κ2) is 6.39. The molecule has 0 amide bonds. The van der Waals surface area contributed by atoms with Gasteiger partial charge >= 0.3 is 0 Å². The second-order valence-electron chi connectivity index (χ2n) is 6.64. The Morgan fingerprint density at radius 3 is 2.48 bits per heavy atom. The second-order valence-corrected chi connectivity index (χ2v) is 7.43. The minimum absolute atomic E-state index is 0.656. The standard InChI is InChI=1S/C16H27BrN4/c1-4-14-16(17)15(21(3)19-14)10-18-11-8-12-6-5-7-13(9-11)20(12)2/h11-13,18H,4-10H2,1-3H3. The fraction of sp³-hybridized carbons (Fsp3) is 0.812. The molecule has 3 heterocycles. The first-order valence-electron chi connectivity index (χ1n) is 8.25. The summed E-state index contributed by atoms with van der Waals surface area (Å²) in [6.07, 6.45) is 7.74. The van der Waals surface area contributed by atoms with Crippen LogP contribution in [0.1, 0.15) is 50.4 Å². The van der Waals surface area contributed by atoms with Crippen LogP contribution in [0.2, 0.25) is 0 Å². The molecule has 2 unspecified atom stereocenters. The molecule has 5 heteroatoms. The lowest BCUT2D eigenvalue weighted by atomic mass is 9.82. The summed E-state index contributed by atoms with van der Waals surface area (Å²) in [5.41, 5.74) is 2.44. The van der Waals surface area contributed by atoms with Crippen molar-refractivity contribution in [3.8, 4) is 0 Å². The van der Waals surface area contributed by atoms with Crippen molar-refractivity contribution in [3.05, 3.63) is 15.9 Å². The van der Waals surface area contributed by atoms with Crippen molar-refractivity contribution in [2.45, 2.75) is 70.1 Å². The van der Waals surface area contributed by atoms with Gasteiger partial charge < -0.3 is 10.2 Å². The van der Waals surface area contributed by atoms with E-state index >= 15 is 0 Å². The largest absolute Gasteiger partial charge is 0.308 e. The topological polar surface area (TPSA) is 33.1 Å². The molecule has 21 heavy (non-hydrogen) atoms. The van der Waals surface area contributed by atoms with Crippen LogP contribution in [-0.4, -0.2) is 39.9 Å². The summed E-state index contributed by atoms with van der Waals surface area (Å²) in [5, 5.41) is 8.37. The summed E-state index contributed by atoms with van der Waals surface area (Å²) in [6.45, 7) is 3.07. The van der Waals surface area contributed by atoms with E-state index < -0.39 is 0 Å². The monoisotopic (exact) mass is 354 g/mol. The molecule has 4 nitrogen and oxygen atoms in total. The third-order valence-electron chi connectivity index (χ3n) is 5.40. The summed E-state index contributed by atoms with van der Waals surface area (Å²) < 4.78 is 3.21. The Balaban J connectivity index is 1.62. The highest BCUT2D eigenvalue weighted by molar-refractivity contribution is 9.10. The van der Waals surface area contributed by atoms with E-state index in [2.05, 4.69) is 45.2 Å². The van der Waals surface area contributed by atoms with Gasteiger partial charge in [-0.3, -0.25) is 4.68 Å². The Kier molecular flexibility index (Phi) is 4.71. The van der Waals surface area contributed by atoms with Gasteiger partial charge in [0.2, 0.25) is 0 Å². The van der Waals surface area contributed by atoms with Gasteiger partial charge in [0.05, 0.1) is 15.9 Å². The number of hydrogen-bond donors (Lipinski definition) is 1. The van der Waals surface area contributed by atoms with Gasteiger partial charge in [0, 0.05) is 31.7 Å². The Bertz CT molecular complexity index is 485. The molecule has 1 aromatic heterocycles. The SMILES string of the molecule is CCc1nn(C)c(CNC2CC3CCCC(C2)N3C)c1Br. The van der Waals surface area contributed by atoms with E-state index in [0.29, 0.717) is 6.04 Å². The molecule has 2 aliphatic heterocycles. The van der Waals surface area contributed by atoms with Crippen molar-refractivity contribution in [1.29, 1.82) is 0 Å². The molecule has 2 bridgehead atoms. The molecule has 1 N–H and O–H groups in total. The molecule has 0 spiro atoms. The number of aromatic nitrogens is 2. The minimum Gasteiger partial charge on any atom is -0.308 e. The number of aryl methyl sites for hydroxylation is 2. The molecule has 0 aliphatic carbocycles. The summed E-state index contributed by atoms with van der Waals surface area (Å²) in [6, 6.07) is 2.23. The number of nitrogens with one attached hydrogen (secondary N) is 1. The molecular formula is C16H27BrN4. The third kappa shape index (κ3) is 3.06. The quantitative estimate of drug-likeness (QED) is 0.902. The zero-order valence-corrected chi connectivity index (χ0v) is 15.0. The lowest BCUT2D eigenvalue weighted by Crippen LogP contribution is -2.54. The smallest absolute Gasteiger partial charge is 0.0767 e. The normalized spacial score (nSPS) is 29.8. The first-order chi connectivity index (χ1) is 10.1. The van der Waals surface area contributed by atoms with E-state index in [1.165, 1.54) is 42.3 Å². The van der Waals surface area contributed by atoms with Crippen LogP contribution in [-0.2, 0) is 20.0 Å². The van der Waals surface area contributed by atoms with Gasteiger partial charge in [-0.25, -0.2) is 0 Å². The molecule has 0 aromatic carbocycles. The van der Waals surface area contributed by atoms with Crippen molar-refractivity contribution in [1.82, 2.24) is 20.0 Å². The first kappa shape index (κ1) is 15.5. The average Bonchev–Trinajstić information content (AvgIpc) is 2.72. The van der Waals surface area contributed by atoms with Gasteiger partial charge in [0.1, 0.15) is 0 Å². The zero-order chi connectivity index (χ0) is 15.0. The Hall–Kier alpha value is -0.390. The number of hydrogen-bond acceptors (Lipinski definition) is 3. The third-order valence-corrected chi connectivity index (χ3v) is 6.32. The van der Waals surface area contributed by atoms with Crippen LogP contribution in [0, 0.1) is 0 Å². The zero-order valence-electron chi connectivity index (χ0n) is 13.4. The highest BCUT2D eigenvalue weighted by Gasteiger charge is 2.35. The molecular weight excluding hydrogens is 328 g/mol. The Morgan fingerprint density at radius 1 is 1.24 bits per heavy atom. The molecule has 0 radical (unpaired) electrons. The number of nitrogens with zero attached hydrogens (tertiary/aromatic N) is 3. The first-order valence-corrected chi connectivity index (χ1v) is 9.05. The number of piperidine rings is 2. The lowest BCUT2D eigenvalue weighted by molar-refractivity contribution is 0.0481. The number of halogens is 1. The van der Waals surface area contributed by atoms with E-state index in [9.17, 15) is 0 Å². The van der Waals surface area contributed by atoms with Crippen LogP contribution >= 0.6 is 15.9 Å². The molecule has 2 atom stereocenters. The van der Waals surface area contributed by atoms with Gasteiger partial charge in [-0.2, -0.15) is 5.10 Å². The Morgan fingerprint density at radius 2 is 1.90 bits per heavy atom. The van der Waals surface area contributed by atoms with Gasteiger partial charge in [0.15, 0.2) is 0 Å². The van der Waals surface area contributed by atoms with Crippen LogP contribution in [0.5, 0.6) is 0 Å². The Labute approximate surface area is 136 Å². The van der Waals surface area contributed by atoms with Crippen LogP contribution in [0.15, 0.2) is 4.47 Å². The summed E-state index contributed by atoms with van der Waals surface area (Å²) in [5.74, 6) is 0. The van der Waals surface area contributed by atoms with Gasteiger partial charge in [-0.05, 0) is 55.1 Å². The predicted molar refractivity (Wildman–Crippen MR) is 89.3 cm³/mol. The molecule has 1 aromatic rings. The average molecular weight is 355 g/mol. The molecule has 2 aliphatic rings. The van der Waals surface area contributed by atoms with Crippen molar-refractivity contribution < 1.29 is 0 Å². The van der Waals surface area contributed by atoms with Crippen molar-refractivity contribution >= 4 is 15.9 Å².